The fourth-order valence-electron chi connectivity index (χ4n) is 2.07. The fraction of sp³-hybridized carbons (Fsp3) is 0.385. The van der Waals surface area contributed by atoms with Crippen LogP contribution in [0.3, 0.4) is 0 Å². The minimum atomic E-state index is -0.564. The van der Waals surface area contributed by atoms with Gasteiger partial charge < -0.3 is 10.6 Å². The molecule has 2 aromatic rings. The highest BCUT2D eigenvalue weighted by Crippen LogP contribution is 2.16. The lowest BCUT2D eigenvalue weighted by Gasteiger charge is -2.04. The molecule has 2 aromatic heterocycles. The maximum atomic E-state index is 12.1. The van der Waals surface area contributed by atoms with Gasteiger partial charge in [0.2, 0.25) is 5.91 Å². The smallest absolute Gasteiger partial charge is 0.309 e. The molecule has 0 fully saturated rings. The van der Waals surface area contributed by atoms with Crippen molar-refractivity contribution in [3.8, 4) is 0 Å². The topological polar surface area (TPSA) is 137 Å². The molecule has 2 rings (SSSR count). The average molecular weight is 335 g/mol. The van der Waals surface area contributed by atoms with Crippen LogP contribution in [0.25, 0.3) is 0 Å². The van der Waals surface area contributed by atoms with Crippen LogP contribution in [0, 0.1) is 17.0 Å². The Bertz CT molecular complexity index is 792. The number of carbonyl (C=O) groups is 2. The van der Waals surface area contributed by atoms with E-state index in [0.717, 1.165) is 0 Å². The van der Waals surface area contributed by atoms with E-state index in [1.165, 1.54) is 29.5 Å². The SMILES string of the molecule is CCn1cc(NC(=O)Cn2cc([N+](=O)[O-])c(C)n2)c(C(=O)NC)n1. The second kappa shape index (κ2) is 6.89. The molecule has 2 heterocycles. The molecule has 0 bridgehead atoms. The second-order valence-electron chi connectivity index (χ2n) is 4.93. The normalized spacial score (nSPS) is 10.5. The third kappa shape index (κ3) is 3.56. The number of aryl methyl sites for hydroxylation is 2. The van der Waals surface area contributed by atoms with E-state index in [2.05, 4.69) is 20.8 Å². The summed E-state index contributed by atoms with van der Waals surface area (Å²) in [5.41, 5.74) is 0.417. The Morgan fingerprint density at radius 1 is 1.29 bits per heavy atom. The van der Waals surface area contributed by atoms with Crippen molar-refractivity contribution in [3.05, 3.63) is 33.9 Å². The van der Waals surface area contributed by atoms with E-state index in [1.54, 1.807) is 6.20 Å². The summed E-state index contributed by atoms with van der Waals surface area (Å²) in [6.07, 6.45) is 2.73. The minimum Gasteiger partial charge on any atom is -0.354 e. The van der Waals surface area contributed by atoms with Crippen LogP contribution >= 0.6 is 0 Å². The van der Waals surface area contributed by atoms with Crippen molar-refractivity contribution in [2.45, 2.75) is 26.9 Å². The predicted octanol–water partition coefficient (Wildman–Crippen LogP) is 0.314. The Kier molecular flexibility index (Phi) is 4.92. The number of hydrogen-bond donors (Lipinski definition) is 2. The quantitative estimate of drug-likeness (QED) is 0.576. The zero-order chi connectivity index (χ0) is 17.9. The Hall–Kier alpha value is -3.24. The molecule has 2 amide bonds. The molecular weight excluding hydrogens is 318 g/mol. The van der Waals surface area contributed by atoms with Crippen molar-refractivity contribution in [3.63, 3.8) is 0 Å². The van der Waals surface area contributed by atoms with Gasteiger partial charge >= 0.3 is 5.69 Å². The highest BCUT2D eigenvalue weighted by Gasteiger charge is 2.19. The lowest BCUT2D eigenvalue weighted by atomic mass is 10.3. The zero-order valence-corrected chi connectivity index (χ0v) is 13.4. The monoisotopic (exact) mass is 335 g/mol. The van der Waals surface area contributed by atoms with Crippen molar-refractivity contribution < 1.29 is 14.5 Å². The molecule has 0 unspecified atom stereocenters. The van der Waals surface area contributed by atoms with Gasteiger partial charge in [-0.15, -0.1) is 0 Å². The molecule has 11 nitrogen and oxygen atoms in total. The van der Waals surface area contributed by atoms with Gasteiger partial charge in [0.1, 0.15) is 18.4 Å². The van der Waals surface area contributed by atoms with Gasteiger partial charge in [-0.3, -0.25) is 29.1 Å². The summed E-state index contributed by atoms with van der Waals surface area (Å²) in [7, 11) is 1.46. The number of hydrogen-bond acceptors (Lipinski definition) is 6. The number of nitrogens with one attached hydrogen (secondary N) is 2. The van der Waals surface area contributed by atoms with E-state index in [-0.39, 0.29) is 29.3 Å². The number of aromatic nitrogens is 4. The molecule has 0 aliphatic heterocycles. The van der Waals surface area contributed by atoms with Crippen molar-refractivity contribution in [2.24, 2.45) is 0 Å². The second-order valence-corrected chi connectivity index (χ2v) is 4.93. The number of amides is 2. The van der Waals surface area contributed by atoms with E-state index < -0.39 is 16.7 Å². The first-order valence-corrected chi connectivity index (χ1v) is 7.13. The Morgan fingerprint density at radius 2 is 2.00 bits per heavy atom. The third-order valence-electron chi connectivity index (χ3n) is 3.22. The molecule has 0 spiro atoms. The van der Waals surface area contributed by atoms with Gasteiger partial charge in [0, 0.05) is 19.8 Å². The molecule has 0 aliphatic rings. The van der Waals surface area contributed by atoms with Crippen LogP contribution in [0.1, 0.15) is 23.1 Å². The van der Waals surface area contributed by atoms with Gasteiger partial charge in [-0.2, -0.15) is 10.2 Å². The first-order valence-electron chi connectivity index (χ1n) is 7.13. The first kappa shape index (κ1) is 17.1. The molecule has 0 aliphatic carbocycles. The third-order valence-corrected chi connectivity index (χ3v) is 3.22. The Balaban J connectivity index is 2.15. The lowest BCUT2D eigenvalue weighted by molar-refractivity contribution is -0.385. The highest BCUT2D eigenvalue weighted by atomic mass is 16.6. The fourth-order valence-corrected chi connectivity index (χ4v) is 2.07. The van der Waals surface area contributed by atoms with E-state index in [4.69, 9.17) is 0 Å². The van der Waals surface area contributed by atoms with Crippen LogP contribution in [0.2, 0.25) is 0 Å². The van der Waals surface area contributed by atoms with Crippen molar-refractivity contribution >= 4 is 23.2 Å². The number of nitro groups is 1. The summed E-state index contributed by atoms with van der Waals surface area (Å²) in [4.78, 5) is 34.2. The average Bonchev–Trinajstić information content (AvgIpc) is 3.09. The van der Waals surface area contributed by atoms with Crippen LogP contribution in [0.15, 0.2) is 12.4 Å². The maximum absolute atomic E-state index is 12.1. The van der Waals surface area contributed by atoms with Crippen molar-refractivity contribution in [1.29, 1.82) is 0 Å². The Labute approximate surface area is 136 Å². The van der Waals surface area contributed by atoms with Crippen LogP contribution < -0.4 is 10.6 Å². The summed E-state index contributed by atoms with van der Waals surface area (Å²) in [5, 5.41) is 23.8. The van der Waals surface area contributed by atoms with Crippen molar-refractivity contribution in [1.82, 2.24) is 24.9 Å². The van der Waals surface area contributed by atoms with Gasteiger partial charge in [-0.25, -0.2) is 0 Å². The van der Waals surface area contributed by atoms with E-state index in [0.29, 0.717) is 6.54 Å². The molecular formula is C13H17N7O4. The molecule has 11 heteroatoms. The number of nitrogens with zero attached hydrogens (tertiary/aromatic N) is 5. The van der Waals surface area contributed by atoms with Gasteiger partial charge in [0.05, 0.1) is 10.6 Å². The number of anilines is 1. The van der Waals surface area contributed by atoms with E-state index >= 15 is 0 Å². The summed E-state index contributed by atoms with van der Waals surface area (Å²) in [6, 6.07) is 0. The molecule has 0 saturated heterocycles. The van der Waals surface area contributed by atoms with Gasteiger partial charge in [0.15, 0.2) is 5.69 Å². The van der Waals surface area contributed by atoms with E-state index in [9.17, 15) is 19.7 Å². The first-order chi connectivity index (χ1) is 11.3. The predicted molar refractivity (Wildman–Crippen MR) is 83.5 cm³/mol. The van der Waals surface area contributed by atoms with Crippen LogP contribution in [0.5, 0.6) is 0 Å². The van der Waals surface area contributed by atoms with Crippen molar-refractivity contribution in [2.75, 3.05) is 12.4 Å². The Morgan fingerprint density at radius 3 is 2.54 bits per heavy atom. The largest absolute Gasteiger partial charge is 0.354 e. The number of carbonyl (C=O) groups excluding carboxylic acids is 2. The molecule has 0 saturated carbocycles. The molecule has 0 radical (unpaired) electrons. The van der Waals surface area contributed by atoms with Gasteiger partial charge in [-0.1, -0.05) is 0 Å². The van der Waals surface area contributed by atoms with E-state index in [1.807, 2.05) is 6.92 Å². The van der Waals surface area contributed by atoms with Crippen LogP contribution in [0.4, 0.5) is 11.4 Å². The van der Waals surface area contributed by atoms with Gasteiger partial charge in [0.25, 0.3) is 5.91 Å². The molecule has 0 atom stereocenters. The zero-order valence-electron chi connectivity index (χ0n) is 13.4. The molecule has 24 heavy (non-hydrogen) atoms. The highest BCUT2D eigenvalue weighted by molar-refractivity contribution is 6.02. The standard InChI is InChI=1S/C13H17N7O4/c1-4-18-5-9(12(17-18)13(22)14-3)15-11(21)7-19-6-10(20(23)24)8(2)16-19/h5-6H,4,7H2,1-3H3,(H,14,22)(H,15,21). The molecule has 0 aromatic carbocycles. The summed E-state index contributed by atoms with van der Waals surface area (Å²) < 4.78 is 2.69. The van der Waals surface area contributed by atoms with Crippen LogP contribution in [-0.2, 0) is 17.9 Å². The molecule has 128 valence electrons. The maximum Gasteiger partial charge on any atom is 0.309 e. The summed E-state index contributed by atoms with van der Waals surface area (Å²) in [5.74, 6) is -0.906. The minimum absolute atomic E-state index is 0.0929. The summed E-state index contributed by atoms with van der Waals surface area (Å²) >= 11 is 0. The molecule has 2 N–H and O–H groups in total. The summed E-state index contributed by atoms with van der Waals surface area (Å²) in [6.45, 7) is 3.64. The van der Waals surface area contributed by atoms with Gasteiger partial charge in [-0.05, 0) is 13.8 Å². The van der Waals surface area contributed by atoms with Crippen LogP contribution in [-0.4, -0.2) is 43.3 Å². The number of rotatable bonds is 6. The lowest BCUT2D eigenvalue weighted by Crippen LogP contribution is -2.23.